The molecule has 1 aliphatic heterocycles. The van der Waals surface area contributed by atoms with E-state index in [0.717, 1.165) is 0 Å². The molecule has 118 valence electrons. The normalized spacial score (nSPS) is 23.0. The zero-order valence-corrected chi connectivity index (χ0v) is 14.0. The van der Waals surface area contributed by atoms with Gasteiger partial charge in [-0.2, -0.15) is 4.31 Å². The Labute approximate surface area is 134 Å². The highest BCUT2D eigenvalue weighted by Gasteiger charge is 2.36. The Kier molecular flexibility index (Phi) is 5.18. The topological polar surface area (TPSA) is 66.8 Å². The van der Waals surface area contributed by atoms with E-state index in [1.807, 2.05) is 6.92 Å². The van der Waals surface area contributed by atoms with Crippen molar-refractivity contribution in [3.05, 3.63) is 27.7 Å². The largest absolute Gasteiger partial charge is 0.392 e. The van der Waals surface area contributed by atoms with Gasteiger partial charge >= 0.3 is 0 Å². The summed E-state index contributed by atoms with van der Waals surface area (Å²) in [6, 6.07) is 2.50. The lowest BCUT2D eigenvalue weighted by atomic mass is 10.2. The van der Waals surface area contributed by atoms with Crippen molar-refractivity contribution in [1.82, 2.24) is 4.31 Å². The number of likely N-dealkylation sites (N-methyl/N-ethyl adjacent to an activating group) is 1. The molecule has 0 saturated carbocycles. The SMILES string of the molecule is CC1OCCC1N(C)S(=O)(=O)c1cc(Cl)cc(CO)c1Cl. The van der Waals surface area contributed by atoms with Crippen LogP contribution in [0.15, 0.2) is 17.0 Å². The van der Waals surface area contributed by atoms with Gasteiger partial charge in [0.1, 0.15) is 4.90 Å². The summed E-state index contributed by atoms with van der Waals surface area (Å²) < 4.78 is 32.2. The van der Waals surface area contributed by atoms with Gasteiger partial charge in [0.15, 0.2) is 0 Å². The predicted molar refractivity (Wildman–Crippen MR) is 81.2 cm³/mol. The number of nitrogens with zero attached hydrogens (tertiary/aromatic N) is 1. The molecule has 0 radical (unpaired) electrons. The summed E-state index contributed by atoms with van der Waals surface area (Å²) in [6.07, 6.45) is 0.446. The van der Waals surface area contributed by atoms with Crippen molar-refractivity contribution in [2.45, 2.75) is 37.0 Å². The van der Waals surface area contributed by atoms with Crippen LogP contribution in [0.1, 0.15) is 18.9 Å². The Morgan fingerprint density at radius 3 is 2.62 bits per heavy atom. The highest BCUT2D eigenvalue weighted by Crippen LogP contribution is 2.33. The average Bonchev–Trinajstić information content (AvgIpc) is 2.85. The van der Waals surface area contributed by atoms with Crippen molar-refractivity contribution in [2.24, 2.45) is 0 Å². The summed E-state index contributed by atoms with van der Waals surface area (Å²) in [6.45, 7) is 1.98. The van der Waals surface area contributed by atoms with Crippen LogP contribution >= 0.6 is 23.2 Å². The molecule has 1 saturated heterocycles. The third-order valence-electron chi connectivity index (χ3n) is 3.71. The van der Waals surface area contributed by atoms with Crippen LogP contribution in [-0.4, -0.2) is 43.6 Å². The van der Waals surface area contributed by atoms with Crippen LogP contribution in [-0.2, 0) is 21.4 Å². The molecule has 0 bridgehead atoms. The maximum atomic E-state index is 12.8. The van der Waals surface area contributed by atoms with Crippen molar-refractivity contribution >= 4 is 33.2 Å². The first-order valence-electron chi connectivity index (χ1n) is 6.47. The Hall–Kier alpha value is -0.370. The fraction of sp³-hybridized carbons (Fsp3) is 0.538. The van der Waals surface area contributed by atoms with E-state index in [1.165, 1.54) is 23.5 Å². The van der Waals surface area contributed by atoms with Gasteiger partial charge in [-0.3, -0.25) is 0 Å². The molecule has 5 nitrogen and oxygen atoms in total. The number of rotatable bonds is 4. The van der Waals surface area contributed by atoms with Gasteiger partial charge in [-0.05, 0) is 31.0 Å². The summed E-state index contributed by atoms with van der Waals surface area (Å²) in [7, 11) is -2.31. The van der Waals surface area contributed by atoms with Crippen LogP contribution in [0.2, 0.25) is 10.0 Å². The van der Waals surface area contributed by atoms with Crippen molar-refractivity contribution in [3.8, 4) is 0 Å². The van der Waals surface area contributed by atoms with Crippen LogP contribution in [0.25, 0.3) is 0 Å². The van der Waals surface area contributed by atoms with Crippen LogP contribution in [0.3, 0.4) is 0 Å². The number of ether oxygens (including phenoxy) is 1. The first kappa shape index (κ1) is 17.0. The molecule has 0 amide bonds. The monoisotopic (exact) mass is 353 g/mol. The van der Waals surface area contributed by atoms with E-state index >= 15 is 0 Å². The van der Waals surface area contributed by atoms with E-state index in [-0.39, 0.29) is 39.3 Å². The molecule has 1 aromatic carbocycles. The molecule has 21 heavy (non-hydrogen) atoms. The van der Waals surface area contributed by atoms with E-state index in [2.05, 4.69) is 0 Å². The van der Waals surface area contributed by atoms with Crippen molar-refractivity contribution in [3.63, 3.8) is 0 Å². The third kappa shape index (κ3) is 3.21. The fourth-order valence-electron chi connectivity index (χ4n) is 2.45. The van der Waals surface area contributed by atoms with Gasteiger partial charge in [0.25, 0.3) is 0 Å². The Bertz CT molecular complexity index is 635. The average molecular weight is 354 g/mol. The lowest BCUT2D eigenvalue weighted by molar-refractivity contribution is 0.102. The minimum Gasteiger partial charge on any atom is -0.392 e. The standard InChI is InChI=1S/C13H17Cl2NO4S/c1-8-11(3-4-20-8)16(2)21(18,19)12-6-10(14)5-9(7-17)13(12)15/h5-6,8,11,17H,3-4,7H2,1-2H3. The Morgan fingerprint density at radius 2 is 2.10 bits per heavy atom. The molecule has 1 N–H and O–H groups in total. The summed E-state index contributed by atoms with van der Waals surface area (Å²) in [5.74, 6) is 0. The molecular weight excluding hydrogens is 337 g/mol. The maximum Gasteiger partial charge on any atom is 0.244 e. The van der Waals surface area contributed by atoms with Gasteiger partial charge in [-0.1, -0.05) is 23.2 Å². The van der Waals surface area contributed by atoms with Gasteiger partial charge in [0.2, 0.25) is 10.0 Å². The van der Waals surface area contributed by atoms with E-state index in [4.69, 9.17) is 27.9 Å². The first-order valence-corrected chi connectivity index (χ1v) is 8.67. The third-order valence-corrected chi connectivity index (χ3v) is 6.39. The molecule has 1 aliphatic rings. The van der Waals surface area contributed by atoms with Gasteiger partial charge in [-0.15, -0.1) is 0 Å². The minimum absolute atomic E-state index is 0.000295. The molecule has 2 atom stereocenters. The first-order chi connectivity index (χ1) is 9.78. The minimum atomic E-state index is -3.82. The number of aliphatic hydroxyl groups excluding tert-OH is 1. The summed E-state index contributed by atoms with van der Waals surface area (Å²) in [4.78, 5) is -0.0951. The van der Waals surface area contributed by atoms with Gasteiger partial charge in [0, 0.05) is 18.7 Å². The number of hydrogen-bond donors (Lipinski definition) is 1. The number of sulfonamides is 1. The summed E-state index contributed by atoms with van der Waals surface area (Å²) in [5.41, 5.74) is 0.284. The van der Waals surface area contributed by atoms with Crippen LogP contribution in [0, 0.1) is 0 Å². The van der Waals surface area contributed by atoms with Crippen molar-refractivity contribution < 1.29 is 18.3 Å². The van der Waals surface area contributed by atoms with E-state index in [9.17, 15) is 13.5 Å². The highest BCUT2D eigenvalue weighted by molar-refractivity contribution is 7.89. The number of halogens is 2. The maximum absolute atomic E-state index is 12.8. The molecule has 2 unspecified atom stereocenters. The summed E-state index contributed by atoms with van der Waals surface area (Å²) >= 11 is 12.0. The van der Waals surface area contributed by atoms with Crippen LogP contribution in [0.5, 0.6) is 0 Å². The lowest BCUT2D eigenvalue weighted by Crippen LogP contribution is -2.41. The molecule has 0 aromatic heterocycles. The van der Waals surface area contributed by atoms with Gasteiger partial charge < -0.3 is 9.84 Å². The molecular formula is C13H17Cl2NO4S. The fourth-order valence-corrected chi connectivity index (χ4v) is 4.80. The Balaban J connectivity index is 2.46. The Morgan fingerprint density at radius 1 is 1.43 bits per heavy atom. The zero-order chi connectivity index (χ0) is 15.8. The molecule has 1 heterocycles. The summed E-state index contributed by atoms with van der Waals surface area (Å²) in [5, 5.41) is 9.47. The van der Waals surface area contributed by atoms with Crippen LogP contribution in [0.4, 0.5) is 0 Å². The second kappa shape index (κ2) is 6.40. The van der Waals surface area contributed by atoms with Crippen molar-refractivity contribution in [2.75, 3.05) is 13.7 Å². The van der Waals surface area contributed by atoms with Crippen molar-refractivity contribution in [1.29, 1.82) is 0 Å². The zero-order valence-electron chi connectivity index (χ0n) is 11.7. The number of benzene rings is 1. The van der Waals surface area contributed by atoms with E-state index < -0.39 is 10.0 Å². The quantitative estimate of drug-likeness (QED) is 0.901. The predicted octanol–water partition coefficient (Wildman–Crippen LogP) is 2.28. The second-order valence-corrected chi connectivity index (χ2v) is 7.77. The second-order valence-electron chi connectivity index (χ2n) is 4.99. The van der Waals surface area contributed by atoms with Crippen LogP contribution < -0.4 is 0 Å². The lowest BCUT2D eigenvalue weighted by Gasteiger charge is -2.26. The van der Waals surface area contributed by atoms with E-state index in [1.54, 1.807) is 0 Å². The smallest absolute Gasteiger partial charge is 0.244 e. The highest BCUT2D eigenvalue weighted by atomic mass is 35.5. The van der Waals surface area contributed by atoms with E-state index in [0.29, 0.717) is 13.0 Å². The molecule has 0 aliphatic carbocycles. The molecule has 1 fully saturated rings. The molecule has 1 aromatic rings. The molecule has 8 heteroatoms. The molecule has 0 spiro atoms. The number of aliphatic hydroxyl groups is 1. The van der Waals surface area contributed by atoms with Gasteiger partial charge in [-0.25, -0.2) is 8.42 Å². The van der Waals surface area contributed by atoms with Gasteiger partial charge in [0.05, 0.1) is 23.8 Å². The molecule has 2 rings (SSSR count). The number of hydrogen-bond acceptors (Lipinski definition) is 4.